The average molecular weight is 597 g/mol. The van der Waals surface area contributed by atoms with E-state index in [1.807, 2.05) is 81.4 Å². The van der Waals surface area contributed by atoms with Gasteiger partial charge in [-0.05, 0) is 91.9 Å². The Hall–Kier alpha value is -3.32. The van der Waals surface area contributed by atoms with Crippen LogP contribution >= 0.6 is 0 Å². The highest BCUT2D eigenvalue weighted by molar-refractivity contribution is 5.67. The van der Waals surface area contributed by atoms with E-state index in [9.17, 15) is 18.0 Å². The first-order valence-electron chi connectivity index (χ1n) is 15.2. The third-order valence-electron chi connectivity index (χ3n) is 8.48. The Labute approximate surface area is 255 Å². The van der Waals surface area contributed by atoms with Crippen molar-refractivity contribution in [1.29, 1.82) is 0 Å². The number of amides is 1. The fourth-order valence-corrected chi connectivity index (χ4v) is 5.70. The van der Waals surface area contributed by atoms with Crippen molar-refractivity contribution in [3.63, 3.8) is 0 Å². The van der Waals surface area contributed by atoms with Crippen molar-refractivity contribution in [2.45, 2.75) is 65.1 Å². The third-order valence-corrected chi connectivity index (χ3v) is 8.48. The molecule has 7 heteroatoms. The predicted molar refractivity (Wildman–Crippen MR) is 168 cm³/mol. The van der Waals surface area contributed by atoms with Crippen molar-refractivity contribution in [2.75, 3.05) is 33.8 Å². The number of hydrogen-bond donors (Lipinski definition) is 0. The van der Waals surface area contributed by atoms with E-state index in [4.69, 9.17) is 4.74 Å². The quantitative estimate of drug-likeness (QED) is 0.186. The summed E-state index contributed by atoms with van der Waals surface area (Å²) in [7, 11) is 3.95. The minimum absolute atomic E-state index is 0.0941. The van der Waals surface area contributed by atoms with Crippen LogP contribution in [0.15, 0.2) is 78.9 Å². The van der Waals surface area contributed by atoms with Gasteiger partial charge >= 0.3 is 12.3 Å². The second-order valence-corrected chi connectivity index (χ2v) is 12.2. The molecule has 4 atom stereocenters. The van der Waals surface area contributed by atoms with Crippen LogP contribution in [0.25, 0.3) is 0 Å². The Balaban J connectivity index is 1.71. The zero-order valence-electron chi connectivity index (χ0n) is 26.4. The molecule has 0 saturated heterocycles. The summed E-state index contributed by atoms with van der Waals surface area (Å²) in [5.74, 6) is 0.223. The minimum Gasteiger partial charge on any atom is -0.449 e. The predicted octanol–water partition coefficient (Wildman–Crippen LogP) is 9.15. The molecule has 0 bridgehead atoms. The van der Waals surface area contributed by atoms with E-state index >= 15 is 0 Å². The highest BCUT2D eigenvalue weighted by atomic mass is 19.4. The van der Waals surface area contributed by atoms with Crippen LogP contribution in [0.4, 0.5) is 18.0 Å². The first kappa shape index (κ1) is 34.2. The minimum atomic E-state index is -4.39. The second-order valence-electron chi connectivity index (χ2n) is 12.2. The summed E-state index contributed by atoms with van der Waals surface area (Å²) < 4.78 is 46.6. The molecule has 0 aliphatic rings. The summed E-state index contributed by atoms with van der Waals surface area (Å²) in [4.78, 5) is 16.9. The summed E-state index contributed by atoms with van der Waals surface area (Å²) in [5, 5.41) is 0. The summed E-state index contributed by atoms with van der Waals surface area (Å²) in [6.45, 7) is 10.2. The van der Waals surface area contributed by atoms with Gasteiger partial charge in [-0.3, -0.25) is 0 Å². The Bertz CT molecular complexity index is 1260. The van der Waals surface area contributed by atoms with Crippen molar-refractivity contribution >= 4 is 6.09 Å². The van der Waals surface area contributed by atoms with Crippen LogP contribution in [0.2, 0.25) is 0 Å². The fraction of sp³-hybridized carbons (Fsp3) is 0.472. The molecular formula is C36H47F3N2O2. The fourth-order valence-electron chi connectivity index (χ4n) is 5.70. The number of likely N-dealkylation sites (N-methyl/N-ethyl adjacent to an activating group) is 1. The molecular weight excluding hydrogens is 549 g/mol. The van der Waals surface area contributed by atoms with Crippen molar-refractivity contribution < 1.29 is 22.7 Å². The molecule has 0 N–H and O–H groups in total. The monoisotopic (exact) mass is 596 g/mol. The van der Waals surface area contributed by atoms with E-state index in [1.54, 1.807) is 11.0 Å². The van der Waals surface area contributed by atoms with E-state index in [1.165, 1.54) is 11.6 Å². The van der Waals surface area contributed by atoms with E-state index < -0.39 is 11.7 Å². The molecule has 43 heavy (non-hydrogen) atoms. The zero-order chi connectivity index (χ0) is 31.6. The van der Waals surface area contributed by atoms with Crippen molar-refractivity contribution in [3.8, 4) is 0 Å². The Morgan fingerprint density at radius 1 is 0.837 bits per heavy atom. The van der Waals surface area contributed by atoms with Crippen LogP contribution in [0, 0.1) is 18.8 Å². The van der Waals surface area contributed by atoms with Crippen LogP contribution in [-0.4, -0.2) is 49.7 Å². The van der Waals surface area contributed by atoms with E-state index in [2.05, 4.69) is 26.0 Å². The van der Waals surface area contributed by atoms with Crippen molar-refractivity contribution in [3.05, 3.63) is 107 Å². The summed E-state index contributed by atoms with van der Waals surface area (Å²) >= 11 is 0. The Kier molecular flexibility index (Phi) is 12.7. The highest BCUT2D eigenvalue weighted by Crippen LogP contribution is 2.42. The first-order valence-corrected chi connectivity index (χ1v) is 15.2. The molecule has 0 aromatic heterocycles. The summed E-state index contributed by atoms with van der Waals surface area (Å²) in [5.41, 5.74) is 3.20. The highest BCUT2D eigenvalue weighted by Gasteiger charge is 2.33. The van der Waals surface area contributed by atoms with Gasteiger partial charge in [-0.15, -0.1) is 0 Å². The third kappa shape index (κ3) is 10.4. The lowest BCUT2D eigenvalue weighted by Crippen LogP contribution is -2.37. The number of carbonyl (C=O) groups excluding carboxylic acids is 1. The molecule has 0 fully saturated rings. The van der Waals surface area contributed by atoms with Crippen molar-refractivity contribution in [1.82, 2.24) is 9.80 Å². The second kappa shape index (κ2) is 15.9. The lowest BCUT2D eigenvalue weighted by atomic mass is 9.72. The number of rotatable bonds is 14. The SMILES string of the molecule is Cc1ccc(C(F)(F)F)cc1C(C)C(CCC(C)COC(=O)N(CCN(C)C)Cc1ccccc1)[C@@H](C)c1ccccc1. The Morgan fingerprint density at radius 3 is 2.07 bits per heavy atom. The molecule has 3 aromatic rings. The van der Waals surface area contributed by atoms with E-state index in [0.29, 0.717) is 13.1 Å². The summed E-state index contributed by atoms with van der Waals surface area (Å²) in [6.07, 6.45) is -3.14. The molecule has 0 saturated carbocycles. The Morgan fingerprint density at radius 2 is 1.47 bits per heavy atom. The number of ether oxygens (including phenoxy) is 1. The lowest BCUT2D eigenvalue weighted by molar-refractivity contribution is -0.137. The van der Waals surface area contributed by atoms with Crippen LogP contribution in [0.5, 0.6) is 0 Å². The number of halogens is 3. The van der Waals surface area contributed by atoms with Gasteiger partial charge in [0, 0.05) is 19.6 Å². The molecule has 0 heterocycles. The first-order chi connectivity index (χ1) is 20.4. The van der Waals surface area contributed by atoms with Gasteiger partial charge in [-0.1, -0.05) is 87.5 Å². The normalized spacial score (nSPS) is 14.7. The van der Waals surface area contributed by atoms with Gasteiger partial charge < -0.3 is 14.5 Å². The molecule has 4 nitrogen and oxygen atoms in total. The zero-order valence-corrected chi connectivity index (χ0v) is 26.4. The topological polar surface area (TPSA) is 32.8 Å². The van der Waals surface area contributed by atoms with Crippen LogP contribution < -0.4 is 0 Å². The number of nitrogens with zero attached hydrogens (tertiary/aromatic N) is 2. The average Bonchev–Trinajstić information content (AvgIpc) is 2.98. The molecule has 0 radical (unpaired) electrons. The molecule has 0 aliphatic carbocycles. The summed E-state index contributed by atoms with van der Waals surface area (Å²) in [6, 6.07) is 24.1. The number of aryl methyl sites for hydroxylation is 1. The number of hydrogen-bond acceptors (Lipinski definition) is 3. The largest absolute Gasteiger partial charge is 0.449 e. The van der Waals surface area contributed by atoms with E-state index in [0.717, 1.165) is 42.1 Å². The van der Waals surface area contributed by atoms with Gasteiger partial charge in [-0.25, -0.2) is 4.79 Å². The van der Waals surface area contributed by atoms with Gasteiger partial charge in [0.2, 0.25) is 0 Å². The maximum Gasteiger partial charge on any atom is 0.416 e. The van der Waals surface area contributed by atoms with Gasteiger partial charge in [0.15, 0.2) is 0 Å². The maximum absolute atomic E-state index is 13.6. The van der Waals surface area contributed by atoms with Gasteiger partial charge in [-0.2, -0.15) is 13.2 Å². The van der Waals surface area contributed by atoms with Crippen LogP contribution in [0.1, 0.15) is 73.3 Å². The van der Waals surface area contributed by atoms with Gasteiger partial charge in [0.05, 0.1) is 12.2 Å². The molecule has 0 aliphatic heterocycles. The molecule has 3 aromatic carbocycles. The van der Waals surface area contributed by atoms with Crippen LogP contribution in [0.3, 0.4) is 0 Å². The lowest BCUT2D eigenvalue weighted by Gasteiger charge is -2.32. The van der Waals surface area contributed by atoms with Crippen LogP contribution in [-0.2, 0) is 17.5 Å². The van der Waals surface area contributed by atoms with E-state index in [-0.39, 0.29) is 36.4 Å². The standard InChI is InChI=1S/C36H47F3N2O2/c1-26(25-43-35(42)41(22-21-40(5)6)24-30-13-9-7-10-14-30)17-20-33(28(3)31-15-11-8-12-16-31)29(4)34-23-32(36(37,38)39)19-18-27(34)2/h7-16,18-19,23,26,28-29,33H,17,20-22,24-25H2,1-6H3/t26?,28-,29?,33?/m0/s1. The molecule has 3 unspecified atom stereocenters. The number of carbonyl (C=O) groups is 1. The number of benzene rings is 3. The van der Waals surface area contributed by atoms with Gasteiger partial charge in [0.1, 0.15) is 0 Å². The smallest absolute Gasteiger partial charge is 0.416 e. The maximum atomic E-state index is 13.6. The van der Waals surface area contributed by atoms with Crippen molar-refractivity contribution in [2.24, 2.45) is 11.8 Å². The molecule has 1 amide bonds. The molecule has 234 valence electrons. The van der Waals surface area contributed by atoms with Gasteiger partial charge in [0.25, 0.3) is 0 Å². The molecule has 3 rings (SSSR count). The number of alkyl halides is 3. The molecule has 0 spiro atoms.